The fraction of sp³-hybridized carbons (Fsp3) is 0.524. The van der Waals surface area contributed by atoms with Crippen LogP contribution in [0, 0.1) is 5.92 Å². The molecule has 0 spiro atoms. The van der Waals surface area contributed by atoms with E-state index in [9.17, 15) is 19.2 Å². The quantitative estimate of drug-likeness (QED) is 0.518. The van der Waals surface area contributed by atoms with E-state index in [-0.39, 0.29) is 27.4 Å². The number of likely N-dealkylation sites (N-methyl/N-ethyl adjacent to an activating group) is 1. The van der Waals surface area contributed by atoms with Gasteiger partial charge >= 0.3 is 18.6 Å². The van der Waals surface area contributed by atoms with Gasteiger partial charge in [0.2, 0.25) is 5.91 Å². The summed E-state index contributed by atoms with van der Waals surface area (Å²) in [5.74, 6) is -1.50. The van der Waals surface area contributed by atoms with E-state index in [2.05, 4.69) is 10.6 Å². The van der Waals surface area contributed by atoms with Gasteiger partial charge in [0, 0.05) is 12.1 Å². The molecule has 13 heteroatoms. The lowest BCUT2D eigenvalue weighted by molar-refractivity contribution is -0.840. The molecule has 0 bridgehead atoms. The Balaban J connectivity index is 1.54. The number of carbonyl (C=O) groups is 4. The van der Waals surface area contributed by atoms with Crippen LogP contribution < -0.4 is 10.6 Å². The number of rotatable bonds is 7. The van der Waals surface area contributed by atoms with Gasteiger partial charge in [-0.25, -0.2) is 9.59 Å². The molecule has 0 radical (unpaired) electrons. The largest absolute Gasteiger partial charge is 0.605 e. The van der Waals surface area contributed by atoms with Gasteiger partial charge in [-0.15, -0.1) is 11.8 Å². The molecule has 3 aliphatic heterocycles. The van der Waals surface area contributed by atoms with Crippen LogP contribution in [0.4, 0.5) is 0 Å². The van der Waals surface area contributed by atoms with Crippen LogP contribution in [0.2, 0.25) is 10.0 Å². The highest BCUT2D eigenvalue weighted by molar-refractivity contribution is 7.99. The number of thioether (sulfide) groups is 1. The third kappa shape index (κ3) is 4.06. The smallest absolute Gasteiger partial charge is 0.599 e. The summed E-state index contributed by atoms with van der Waals surface area (Å²) in [6.07, 6.45) is 0.417. The van der Waals surface area contributed by atoms with Crippen LogP contribution in [-0.4, -0.2) is 78.0 Å². The van der Waals surface area contributed by atoms with Gasteiger partial charge in [0.25, 0.3) is 5.91 Å². The SMILES string of the molecule is CC(C)C[C@H](NC(=O)CNC(=O)c1cc(Cl)ccc1Cl)[B-]12OC(=O)[C@H]3CSC[C@@H](C(=O)O1)[N+]32C. The summed E-state index contributed by atoms with van der Waals surface area (Å²) < 4.78 is 11.7. The summed E-state index contributed by atoms with van der Waals surface area (Å²) in [7, 11) is 1.81. The predicted molar refractivity (Wildman–Crippen MR) is 129 cm³/mol. The van der Waals surface area contributed by atoms with Crippen LogP contribution in [0.15, 0.2) is 18.2 Å². The predicted octanol–water partition coefficient (Wildman–Crippen LogP) is 1.78. The Morgan fingerprint density at radius 2 is 1.79 bits per heavy atom. The number of carbonyl (C=O) groups excluding carboxylic acids is 4. The number of nitrogens with zero attached hydrogens (tertiary/aromatic N) is 1. The van der Waals surface area contributed by atoms with Gasteiger partial charge in [-0.3, -0.25) is 9.59 Å². The van der Waals surface area contributed by atoms with Crippen LogP contribution in [0.3, 0.4) is 0 Å². The van der Waals surface area contributed by atoms with Gasteiger partial charge in [-0.05, 0) is 30.5 Å². The summed E-state index contributed by atoms with van der Waals surface area (Å²) in [5.41, 5.74) is 0.146. The summed E-state index contributed by atoms with van der Waals surface area (Å²) >= 11 is 13.5. The van der Waals surface area contributed by atoms with E-state index >= 15 is 0 Å². The van der Waals surface area contributed by atoms with Crippen LogP contribution in [-0.2, 0) is 23.7 Å². The third-order valence-electron chi connectivity index (χ3n) is 6.95. The summed E-state index contributed by atoms with van der Waals surface area (Å²) in [4.78, 5) is 51.0. The monoisotopic (exact) mass is 529 g/mol. The van der Waals surface area contributed by atoms with Crippen LogP contribution >= 0.6 is 35.0 Å². The Hall–Kier alpha value is -1.95. The van der Waals surface area contributed by atoms with Crippen molar-refractivity contribution in [1.29, 1.82) is 0 Å². The van der Waals surface area contributed by atoms with Crippen molar-refractivity contribution in [1.82, 2.24) is 10.6 Å². The highest BCUT2D eigenvalue weighted by atomic mass is 35.5. The van der Waals surface area contributed by atoms with Crippen molar-refractivity contribution in [3.63, 3.8) is 0 Å². The Morgan fingerprint density at radius 3 is 2.38 bits per heavy atom. The summed E-state index contributed by atoms with van der Waals surface area (Å²) in [5, 5.41) is 5.95. The lowest BCUT2D eigenvalue weighted by atomic mass is 9.57. The standard InChI is InChI=1S/C21H26BCl2N3O6S/c1-11(2)6-17(26-18(28)8-25-19(29)13-7-12(23)4-5-14(13)24)22-27(3)15(20(30)32-22)9-34-10-16(27)21(31)33-22/h4-5,7,11,15-17H,6,8-10H2,1-3H3,(H,25,29)(H,26,28)/t15-,16+,17-,22?,27?/m0/s1. The number of halogens is 2. The molecule has 9 nitrogen and oxygen atoms in total. The molecule has 1 aromatic rings. The molecule has 4 rings (SSSR count). The molecule has 3 fully saturated rings. The molecule has 34 heavy (non-hydrogen) atoms. The molecular formula is C21H26BCl2N3O6S. The molecule has 0 aliphatic carbocycles. The number of hydrogen-bond donors (Lipinski definition) is 2. The van der Waals surface area contributed by atoms with E-state index in [4.69, 9.17) is 32.5 Å². The second kappa shape index (κ2) is 9.25. The zero-order valence-corrected chi connectivity index (χ0v) is 21.3. The summed E-state index contributed by atoms with van der Waals surface area (Å²) in [6, 6.07) is 3.39. The average molecular weight is 530 g/mol. The minimum atomic E-state index is -2.52. The molecular weight excluding hydrogens is 504 g/mol. The van der Waals surface area contributed by atoms with Crippen LogP contribution in [0.1, 0.15) is 30.6 Å². The Kier molecular flexibility index (Phi) is 6.85. The van der Waals surface area contributed by atoms with E-state index in [0.717, 1.165) is 0 Å². The molecule has 184 valence electrons. The second-order valence-electron chi connectivity index (χ2n) is 9.50. The zero-order chi connectivity index (χ0) is 24.8. The lowest BCUT2D eigenvalue weighted by Crippen LogP contribution is -2.76. The minimum Gasteiger partial charge on any atom is -0.599 e. The van der Waals surface area contributed by atoms with Gasteiger partial charge in [0.15, 0.2) is 12.1 Å². The molecule has 5 atom stereocenters. The molecule has 3 saturated heterocycles. The maximum absolute atomic E-state index is 12.9. The zero-order valence-electron chi connectivity index (χ0n) is 19.0. The molecule has 1 aromatic carbocycles. The van der Waals surface area contributed by atoms with E-state index in [1.807, 2.05) is 20.9 Å². The highest BCUT2D eigenvalue weighted by Gasteiger charge is 2.77. The van der Waals surface area contributed by atoms with Gasteiger partial charge in [-0.2, -0.15) is 0 Å². The van der Waals surface area contributed by atoms with E-state index in [1.54, 1.807) is 6.07 Å². The van der Waals surface area contributed by atoms with Crippen molar-refractivity contribution >= 4 is 65.4 Å². The number of nitrogens with one attached hydrogen (secondary N) is 2. The molecule has 3 heterocycles. The molecule has 0 saturated carbocycles. The van der Waals surface area contributed by atoms with Crippen molar-refractivity contribution in [3.8, 4) is 0 Å². The normalized spacial score (nSPS) is 30.4. The minimum absolute atomic E-state index is 0.0206. The first-order chi connectivity index (χ1) is 16.0. The maximum atomic E-state index is 12.9. The molecule has 3 aliphatic rings. The van der Waals surface area contributed by atoms with E-state index in [0.29, 0.717) is 22.9 Å². The van der Waals surface area contributed by atoms with E-state index < -0.39 is 48.5 Å². The van der Waals surface area contributed by atoms with Gasteiger partial charge < -0.3 is 24.3 Å². The molecule has 0 aromatic heterocycles. The fourth-order valence-electron chi connectivity index (χ4n) is 5.24. The maximum Gasteiger partial charge on any atom is 0.605 e. The Bertz CT molecular complexity index is 1030. The van der Waals surface area contributed by atoms with Crippen LogP contribution in [0.5, 0.6) is 0 Å². The molecule has 2 amide bonds. The molecule has 2 N–H and O–H groups in total. The van der Waals surface area contributed by atoms with Crippen molar-refractivity contribution in [3.05, 3.63) is 33.8 Å². The van der Waals surface area contributed by atoms with Crippen LogP contribution in [0.25, 0.3) is 0 Å². The number of amides is 2. The Morgan fingerprint density at radius 1 is 1.18 bits per heavy atom. The fourth-order valence-corrected chi connectivity index (χ4v) is 7.12. The van der Waals surface area contributed by atoms with Crippen molar-refractivity contribution in [2.24, 2.45) is 5.92 Å². The lowest BCUT2D eigenvalue weighted by Gasteiger charge is -2.51. The number of hydrogen-bond acceptors (Lipinski definition) is 7. The highest BCUT2D eigenvalue weighted by Crippen LogP contribution is 2.48. The average Bonchev–Trinajstić information content (AvgIpc) is 3.13. The van der Waals surface area contributed by atoms with E-state index in [1.165, 1.54) is 23.9 Å². The van der Waals surface area contributed by atoms with Gasteiger partial charge in [0.05, 0.1) is 34.6 Å². The van der Waals surface area contributed by atoms with Crippen molar-refractivity contribution < 1.29 is 32.9 Å². The topological polar surface area (TPSA) is 111 Å². The van der Waals surface area contributed by atoms with Gasteiger partial charge in [0.1, 0.15) is 0 Å². The first kappa shape index (κ1) is 25.2. The van der Waals surface area contributed by atoms with Crippen molar-refractivity contribution in [2.75, 3.05) is 25.1 Å². The first-order valence-corrected chi connectivity index (χ1v) is 13.0. The summed E-state index contributed by atoms with van der Waals surface area (Å²) in [6.45, 7) is 1.05. The van der Waals surface area contributed by atoms with Crippen molar-refractivity contribution in [2.45, 2.75) is 38.3 Å². The van der Waals surface area contributed by atoms with Gasteiger partial charge in [-0.1, -0.05) is 37.0 Å². The Labute approximate surface area is 211 Å². The third-order valence-corrected chi connectivity index (χ3v) is 8.61. The number of quaternary nitrogens is 1. The molecule has 2 unspecified atom stereocenters. The first-order valence-electron chi connectivity index (χ1n) is 11.1. The second-order valence-corrected chi connectivity index (χ2v) is 11.4. The number of benzene rings is 1.